The lowest BCUT2D eigenvalue weighted by Crippen LogP contribution is -1.98. The van der Waals surface area contributed by atoms with Crippen molar-refractivity contribution in [1.29, 1.82) is 0 Å². The van der Waals surface area contributed by atoms with Gasteiger partial charge in [-0.05, 0) is 54.2 Å². The van der Waals surface area contributed by atoms with Gasteiger partial charge in [-0.25, -0.2) is 17.6 Å². The van der Waals surface area contributed by atoms with Crippen molar-refractivity contribution in [1.82, 2.24) is 0 Å². The Kier molecular flexibility index (Phi) is 6.41. The van der Waals surface area contributed by atoms with Gasteiger partial charge in [0.15, 0.2) is 11.6 Å². The van der Waals surface area contributed by atoms with Crippen LogP contribution >= 0.6 is 0 Å². The lowest BCUT2D eigenvalue weighted by atomic mass is 9.96. The van der Waals surface area contributed by atoms with Crippen molar-refractivity contribution in [2.75, 3.05) is 0 Å². The first-order valence-corrected chi connectivity index (χ1v) is 8.35. The lowest BCUT2D eigenvalue weighted by molar-refractivity contribution is 0.469. The molecule has 0 saturated carbocycles. The van der Waals surface area contributed by atoms with E-state index in [1.165, 1.54) is 18.2 Å². The van der Waals surface area contributed by atoms with E-state index in [1.54, 1.807) is 0 Å². The second-order valence-electron chi connectivity index (χ2n) is 6.35. The van der Waals surface area contributed by atoms with Crippen LogP contribution in [-0.4, -0.2) is 0 Å². The van der Waals surface area contributed by atoms with Crippen LogP contribution in [0.1, 0.15) is 45.1 Å². The molecule has 4 heteroatoms. The minimum Gasteiger partial charge on any atom is -0.206 e. The molecule has 2 aromatic carbocycles. The SMILES string of the molecule is CCCC(C)CCCc1cc(F)c(-c2ccc(F)c(F)c2)c(F)c1. The van der Waals surface area contributed by atoms with Crippen LogP contribution in [0.5, 0.6) is 0 Å². The van der Waals surface area contributed by atoms with Gasteiger partial charge in [-0.15, -0.1) is 0 Å². The molecule has 1 unspecified atom stereocenters. The highest BCUT2D eigenvalue weighted by atomic mass is 19.2. The van der Waals surface area contributed by atoms with Crippen molar-refractivity contribution in [3.63, 3.8) is 0 Å². The van der Waals surface area contributed by atoms with Crippen molar-refractivity contribution in [2.24, 2.45) is 5.92 Å². The number of rotatable bonds is 7. The summed E-state index contributed by atoms with van der Waals surface area (Å²) in [4.78, 5) is 0. The third kappa shape index (κ3) is 4.59. The van der Waals surface area contributed by atoms with Gasteiger partial charge >= 0.3 is 0 Å². The molecule has 0 aromatic heterocycles. The van der Waals surface area contributed by atoms with Crippen molar-refractivity contribution < 1.29 is 17.6 Å². The second kappa shape index (κ2) is 8.32. The Hall–Kier alpha value is -1.84. The first-order valence-electron chi connectivity index (χ1n) is 8.35. The summed E-state index contributed by atoms with van der Waals surface area (Å²) in [5.74, 6) is -3.07. The zero-order valence-corrected chi connectivity index (χ0v) is 14.0. The van der Waals surface area contributed by atoms with Crippen LogP contribution in [0.25, 0.3) is 11.1 Å². The van der Waals surface area contributed by atoms with E-state index >= 15 is 0 Å². The quantitative estimate of drug-likeness (QED) is 0.495. The van der Waals surface area contributed by atoms with E-state index in [2.05, 4.69) is 13.8 Å². The first kappa shape index (κ1) is 18.5. The zero-order chi connectivity index (χ0) is 17.7. The summed E-state index contributed by atoms with van der Waals surface area (Å²) < 4.78 is 54.8. The Balaban J connectivity index is 2.14. The number of benzene rings is 2. The average molecular weight is 338 g/mol. The van der Waals surface area contributed by atoms with Crippen molar-refractivity contribution >= 4 is 0 Å². The largest absolute Gasteiger partial charge is 0.206 e. The smallest absolute Gasteiger partial charge is 0.159 e. The maximum absolute atomic E-state index is 14.3. The molecule has 24 heavy (non-hydrogen) atoms. The molecule has 2 aromatic rings. The van der Waals surface area contributed by atoms with Gasteiger partial charge in [0, 0.05) is 0 Å². The monoisotopic (exact) mass is 338 g/mol. The highest BCUT2D eigenvalue weighted by Crippen LogP contribution is 2.29. The van der Waals surface area contributed by atoms with Crippen LogP contribution in [0.4, 0.5) is 17.6 Å². The van der Waals surface area contributed by atoms with Crippen LogP contribution in [0.2, 0.25) is 0 Å². The Morgan fingerprint density at radius 2 is 1.50 bits per heavy atom. The molecule has 0 spiro atoms. The van der Waals surface area contributed by atoms with Crippen LogP contribution in [0.3, 0.4) is 0 Å². The van der Waals surface area contributed by atoms with Gasteiger partial charge in [0.25, 0.3) is 0 Å². The standard InChI is InChI=1S/C20H22F4/c1-3-5-13(2)6-4-7-14-10-18(23)20(19(24)11-14)15-8-9-16(21)17(22)12-15/h8-13H,3-7H2,1-2H3. The molecule has 0 N–H and O–H groups in total. The van der Waals surface area contributed by atoms with Crippen LogP contribution in [-0.2, 0) is 6.42 Å². The third-order valence-corrected chi connectivity index (χ3v) is 4.25. The molecule has 0 bridgehead atoms. The van der Waals surface area contributed by atoms with Gasteiger partial charge in [-0.1, -0.05) is 39.2 Å². The van der Waals surface area contributed by atoms with Gasteiger partial charge in [0.1, 0.15) is 11.6 Å². The molecule has 0 aliphatic carbocycles. The molecular weight excluding hydrogens is 316 g/mol. The van der Waals surface area contributed by atoms with E-state index in [0.717, 1.165) is 37.8 Å². The van der Waals surface area contributed by atoms with Crippen LogP contribution in [0.15, 0.2) is 30.3 Å². The Labute approximate surface area is 140 Å². The summed E-state index contributed by atoms with van der Waals surface area (Å²) in [5, 5.41) is 0. The fourth-order valence-corrected chi connectivity index (χ4v) is 2.99. The summed E-state index contributed by atoms with van der Waals surface area (Å²) in [6, 6.07) is 5.41. The molecule has 0 aliphatic heterocycles. The molecule has 0 heterocycles. The topological polar surface area (TPSA) is 0 Å². The molecule has 0 radical (unpaired) electrons. The van der Waals surface area contributed by atoms with E-state index in [9.17, 15) is 17.6 Å². The van der Waals surface area contributed by atoms with Crippen molar-refractivity contribution in [2.45, 2.75) is 46.0 Å². The molecule has 0 aliphatic rings. The Morgan fingerprint density at radius 3 is 2.08 bits per heavy atom. The van der Waals surface area contributed by atoms with E-state index in [4.69, 9.17) is 0 Å². The van der Waals surface area contributed by atoms with Gasteiger partial charge < -0.3 is 0 Å². The zero-order valence-electron chi connectivity index (χ0n) is 14.0. The molecule has 130 valence electrons. The highest BCUT2D eigenvalue weighted by Gasteiger charge is 2.15. The summed E-state index contributed by atoms with van der Waals surface area (Å²) in [7, 11) is 0. The number of hydrogen-bond donors (Lipinski definition) is 0. The summed E-state index contributed by atoms with van der Waals surface area (Å²) in [6.45, 7) is 4.31. The summed E-state index contributed by atoms with van der Waals surface area (Å²) in [5.41, 5.74) is 0.254. The summed E-state index contributed by atoms with van der Waals surface area (Å²) >= 11 is 0. The first-order chi connectivity index (χ1) is 11.4. The van der Waals surface area contributed by atoms with E-state index < -0.39 is 23.3 Å². The molecule has 0 nitrogen and oxygen atoms in total. The molecule has 2 rings (SSSR count). The number of hydrogen-bond acceptors (Lipinski definition) is 0. The molecule has 0 saturated heterocycles. The third-order valence-electron chi connectivity index (χ3n) is 4.25. The van der Waals surface area contributed by atoms with Crippen molar-refractivity contribution in [3.8, 4) is 11.1 Å². The number of aryl methyl sites for hydroxylation is 1. The Morgan fingerprint density at radius 1 is 0.833 bits per heavy atom. The number of halogens is 4. The fourth-order valence-electron chi connectivity index (χ4n) is 2.99. The van der Waals surface area contributed by atoms with Crippen LogP contribution in [0, 0.1) is 29.2 Å². The second-order valence-corrected chi connectivity index (χ2v) is 6.35. The van der Waals surface area contributed by atoms with Gasteiger partial charge in [-0.3, -0.25) is 0 Å². The molecular formula is C20H22F4. The summed E-state index contributed by atoms with van der Waals surface area (Å²) in [6.07, 6.45) is 4.76. The molecule has 1 atom stereocenters. The van der Waals surface area contributed by atoms with E-state index in [-0.39, 0.29) is 11.1 Å². The van der Waals surface area contributed by atoms with E-state index in [0.29, 0.717) is 17.9 Å². The predicted molar refractivity (Wildman–Crippen MR) is 88.7 cm³/mol. The predicted octanol–water partition coefficient (Wildman–Crippen LogP) is 6.67. The minimum atomic E-state index is -1.12. The van der Waals surface area contributed by atoms with Gasteiger partial charge in [0.2, 0.25) is 0 Å². The molecule has 0 amide bonds. The Bertz CT molecular complexity index is 671. The fraction of sp³-hybridized carbons (Fsp3) is 0.400. The van der Waals surface area contributed by atoms with Gasteiger partial charge in [0.05, 0.1) is 5.56 Å². The van der Waals surface area contributed by atoms with Crippen molar-refractivity contribution in [3.05, 3.63) is 59.2 Å². The average Bonchev–Trinajstić information content (AvgIpc) is 2.50. The minimum absolute atomic E-state index is 0.00739. The lowest BCUT2D eigenvalue weighted by Gasteiger charge is -2.11. The van der Waals surface area contributed by atoms with E-state index in [1.807, 2.05) is 0 Å². The molecule has 0 fully saturated rings. The highest BCUT2D eigenvalue weighted by molar-refractivity contribution is 5.65. The maximum atomic E-state index is 14.3. The maximum Gasteiger partial charge on any atom is 0.159 e. The normalized spacial score (nSPS) is 12.4. The van der Waals surface area contributed by atoms with Crippen LogP contribution < -0.4 is 0 Å². The van der Waals surface area contributed by atoms with Gasteiger partial charge in [-0.2, -0.15) is 0 Å².